The molecule has 0 atom stereocenters. The van der Waals surface area contributed by atoms with Gasteiger partial charge in [0.15, 0.2) is 17.4 Å². The second-order valence-electron chi connectivity index (χ2n) is 6.15. The third-order valence-electron chi connectivity index (χ3n) is 4.09. The van der Waals surface area contributed by atoms with E-state index in [1.54, 1.807) is 31.1 Å². The van der Waals surface area contributed by atoms with E-state index in [4.69, 9.17) is 0 Å². The molecule has 2 aromatic heterocycles. The zero-order valence-corrected chi connectivity index (χ0v) is 15.2. The summed E-state index contributed by atoms with van der Waals surface area (Å²) in [6, 6.07) is 8.43. The second-order valence-corrected chi connectivity index (χ2v) is 6.15. The van der Waals surface area contributed by atoms with Crippen LogP contribution >= 0.6 is 0 Å². The summed E-state index contributed by atoms with van der Waals surface area (Å²) in [7, 11) is 3.35. The molecule has 1 aromatic carbocycles. The van der Waals surface area contributed by atoms with E-state index in [-0.39, 0.29) is 12.4 Å². The maximum atomic E-state index is 13.3. The zero-order valence-electron chi connectivity index (χ0n) is 15.2. The van der Waals surface area contributed by atoms with Gasteiger partial charge in [-0.2, -0.15) is 13.2 Å². The van der Waals surface area contributed by atoms with E-state index >= 15 is 0 Å². The highest BCUT2D eigenvalue weighted by Crippen LogP contribution is 2.29. The van der Waals surface area contributed by atoms with Crippen LogP contribution in [0.4, 0.5) is 17.6 Å². The van der Waals surface area contributed by atoms with Crippen molar-refractivity contribution in [1.82, 2.24) is 24.8 Å². The van der Waals surface area contributed by atoms with Gasteiger partial charge in [-0.25, -0.2) is 4.39 Å². The van der Waals surface area contributed by atoms with Crippen molar-refractivity contribution in [2.45, 2.75) is 19.3 Å². The van der Waals surface area contributed by atoms with Crippen molar-refractivity contribution in [3.05, 3.63) is 65.4 Å². The molecule has 0 aliphatic carbocycles. The Balaban J connectivity index is 1.73. The standard InChI is InChI=1S/C18H18F4N6/c1-23-17(27(2)10-12-4-3-5-14(19)8-12)24-9-16-26-25-15-7-6-13(11-28(15)16)18(20,21)22/h3-8,11H,9-10H2,1-2H3,(H,23,24). The van der Waals surface area contributed by atoms with E-state index in [1.807, 2.05) is 0 Å². The van der Waals surface area contributed by atoms with Crippen LogP contribution in [0.15, 0.2) is 47.6 Å². The number of alkyl halides is 3. The van der Waals surface area contributed by atoms with Gasteiger partial charge in [0.05, 0.1) is 12.1 Å². The number of fused-ring (bicyclic) bond motifs is 1. The summed E-state index contributed by atoms with van der Waals surface area (Å²) in [6.45, 7) is 0.513. The van der Waals surface area contributed by atoms with Gasteiger partial charge in [0.2, 0.25) is 0 Å². The van der Waals surface area contributed by atoms with Crippen LogP contribution < -0.4 is 5.32 Å². The maximum Gasteiger partial charge on any atom is 0.417 e. The molecule has 0 saturated heterocycles. The number of halogens is 4. The highest BCUT2D eigenvalue weighted by Gasteiger charge is 2.31. The predicted octanol–water partition coefficient (Wildman–Crippen LogP) is 3.09. The van der Waals surface area contributed by atoms with Crippen molar-refractivity contribution in [2.75, 3.05) is 14.1 Å². The average molecular weight is 394 g/mol. The highest BCUT2D eigenvalue weighted by atomic mass is 19.4. The summed E-state index contributed by atoms with van der Waals surface area (Å²) in [4.78, 5) is 5.91. The fourth-order valence-corrected chi connectivity index (χ4v) is 2.75. The third-order valence-corrected chi connectivity index (χ3v) is 4.09. The van der Waals surface area contributed by atoms with Crippen LogP contribution in [0.3, 0.4) is 0 Å². The summed E-state index contributed by atoms with van der Waals surface area (Å²) < 4.78 is 53.4. The van der Waals surface area contributed by atoms with Crippen LogP contribution in [-0.2, 0) is 19.3 Å². The monoisotopic (exact) mass is 394 g/mol. The Kier molecular flexibility index (Phi) is 5.48. The first-order valence-electron chi connectivity index (χ1n) is 8.35. The molecule has 1 N–H and O–H groups in total. The van der Waals surface area contributed by atoms with Crippen LogP contribution in [-0.4, -0.2) is 39.6 Å². The number of hydrogen-bond acceptors (Lipinski definition) is 3. The lowest BCUT2D eigenvalue weighted by Gasteiger charge is -2.22. The largest absolute Gasteiger partial charge is 0.417 e. The molecule has 3 rings (SSSR count). The Labute approximate surface area is 158 Å². The van der Waals surface area contributed by atoms with E-state index in [2.05, 4.69) is 20.5 Å². The van der Waals surface area contributed by atoms with E-state index in [1.165, 1.54) is 22.6 Å². The van der Waals surface area contributed by atoms with E-state index in [0.29, 0.717) is 24.0 Å². The number of aliphatic imine (C=N–C) groups is 1. The van der Waals surface area contributed by atoms with E-state index in [0.717, 1.165) is 17.8 Å². The van der Waals surface area contributed by atoms with Crippen molar-refractivity contribution in [2.24, 2.45) is 4.99 Å². The van der Waals surface area contributed by atoms with Crippen molar-refractivity contribution in [1.29, 1.82) is 0 Å². The molecule has 0 saturated carbocycles. The molecule has 148 valence electrons. The molecule has 0 aliphatic rings. The molecule has 0 amide bonds. The molecule has 0 aliphatic heterocycles. The molecule has 0 bridgehead atoms. The molecule has 0 fully saturated rings. The van der Waals surface area contributed by atoms with Gasteiger partial charge in [0, 0.05) is 26.8 Å². The topological polar surface area (TPSA) is 57.8 Å². The Hall–Kier alpha value is -3.17. The molecular weight excluding hydrogens is 376 g/mol. The molecule has 0 radical (unpaired) electrons. The minimum Gasteiger partial charge on any atom is -0.349 e. The van der Waals surface area contributed by atoms with Crippen molar-refractivity contribution in [3.8, 4) is 0 Å². The first kappa shape index (κ1) is 19.6. The number of hydrogen-bond donors (Lipinski definition) is 1. The minimum atomic E-state index is -4.45. The average Bonchev–Trinajstić information content (AvgIpc) is 3.04. The fraction of sp³-hybridized carbons (Fsp3) is 0.278. The number of nitrogens with zero attached hydrogens (tertiary/aromatic N) is 5. The van der Waals surface area contributed by atoms with Gasteiger partial charge >= 0.3 is 6.18 Å². The normalized spacial score (nSPS) is 12.4. The zero-order chi connectivity index (χ0) is 20.3. The molecule has 2 heterocycles. The van der Waals surface area contributed by atoms with Gasteiger partial charge in [0.1, 0.15) is 5.82 Å². The van der Waals surface area contributed by atoms with Gasteiger partial charge in [0.25, 0.3) is 0 Å². The predicted molar refractivity (Wildman–Crippen MR) is 96.1 cm³/mol. The summed E-state index contributed by atoms with van der Waals surface area (Å²) in [5, 5.41) is 10.9. The van der Waals surface area contributed by atoms with Crippen LogP contribution in [0.1, 0.15) is 17.0 Å². The Morgan fingerprint density at radius 3 is 2.68 bits per heavy atom. The molecule has 3 aromatic rings. The number of benzene rings is 1. The van der Waals surface area contributed by atoms with Crippen molar-refractivity contribution < 1.29 is 17.6 Å². The smallest absolute Gasteiger partial charge is 0.349 e. The van der Waals surface area contributed by atoms with Gasteiger partial charge in [-0.1, -0.05) is 12.1 Å². The van der Waals surface area contributed by atoms with E-state index < -0.39 is 11.7 Å². The van der Waals surface area contributed by atoms with Crippen LogP contribution in [0, 0.1) is 5.82 Å². The Bertz CT molecular complexity index is 995. The lowest BCUT2D eigenvalue weighted by atomic mass is 10.2. The minimum absolute atomic E-state index is 0.114. The summed E-state index contributed by atoms with van der Waals surface area (Å²) in [5.41, 5.74) is 0.287. The maximum absolute atomic E-state index is 13.3. The van der Waals surface area contributed by atoms with Crippen LogP contribution in [0.5, 0.6) is 0 Å². The second kappa shape index (κ2) is 7.83. The third kappa shape index (κ3) is 4.38. The lowest BCUT2D eigenvalue weighted by Crippen LogP contribution is -2.38. The molecule has 10 heteroatoms. The van der Waals surface area contributed by atoms with Gasteiger partial charge < -0.3 is 10.2 Å². The first-order chi connectivity index (χ1) is 13.3. The number of pyridine rings is 1. The number of aromatic nitrogens is 3. The molecule has 6 nitrogen and oxygen atoms in total. The summed E-state index contributed by atoms with van der Waals surface area (Å²) in [6.07, 6.45) is -3.49. The van der Waals surface area contributed by atoms with Crippen molar-refractivity contribution >= 4 is 11.6 Å². The molecule has 0 unspecified atom stereocenters. The fourth-order valence-electron chi connectivity index (χ4n) is 2.75. The van der Waals surface area contributed by atoms with Gasteiger partial charge in [-0.15, -0.1) is 10.2 Å². The first-order valence-corrected chi connectivity index (χ1v) is 8.35. The van der Waals surface area contributed by atoms with E-state index in [9.17, 15) is 17.6 Å². The Morgan fingerprint density at radius 1 is 1.21 bits per heavy atom. The highest BCUT2D eigenvalue weighted by molar-refractivity contribution is 5.79. The summed E-state index contributed by atoms with van der Waals surface area (Å²) in [5.74, 6) is 0.457. The SMILES string of the molecule is CN=C(NCc1nnc2ccc(C(F)(F)F)cn12)N(C)Cc1cccc(F)c1. The number of rotatable bonds is 4. The molecule has 0 spiro atoms. The van der Waals surface area contributed by atoms with Crippen molar-refractivity contribution in [3.63, 3.8) is 0 Å². The van der Waals surface area contributed by atoms with Gasteiger partial charge in [-0.3, -0.25) is 9.39 Å². The molecule has 28 heavy (non-hydrogen) atoms. The molecular formula is C18H18F4N6. The quantitative estimate of drug-likeness (QED) is 0.420. The Morgan fingerprint density at radius 2 is 2.00 bits per heavy atom. The number of nitrogens with one attached hydrogen (secondary N) is 1. The van der Waals surface area contributed by atoms with Gasteiger partial charge in [-0.05, 0) is 29.8 Å². The van der Waals surface area contributed by atoms with Crippen LogP contribution in [0.25, 0.3) is 5.65 Å². The summed E-state index contributed by atoms with van der Waals surface area (Å²) >= 11 is 0. The van der Waals surface area contributed by atoms with Crippen LogP contribution in [0.2, 0.25) is 0 Å². The number of guanidine groups is 1. The lowest BCUT2D eigenvalue weighted by molar-refractivity contribution is -0.137.